The number of hydrogen-bond donors (Lipinski definition) is 0. The van der Waals surface area contributed by atoms with Gasteiger partial charge in [-0.15, -0.1) is 0 Å². The quantitative estimate of drug-likeness (QED) is 0.0640. The molecule has 6 aliphatic heterocycles. The molecule has 0 spiro atoms. The van der Waals surface area contributed by atoms with E-state index in [1.165, 1.54) is 0 Å². The summed E-state index contributed by atoms with van der Waals surface area (Å²) in [5.41, 5.74) is 17.5. The molecule has 6 aliphatic rings. The molecule has 0 N–H and O–H groups in total. The second-order valence-electron chi connectivity index (χ2n) is 32.7. The summed E-state index contributed by atoms with van der Waals surface area (Å²) in [6, 6.07) is 130. The number of methoxy groups -OCH3 is 2. The van der Waals surface area contributed by atoms with Gasteiger partial charge in [0.1, 0.15) is 79.1 Å². The molecule has 149 heavy (non-hydrogen) atoms. The van der Waals surface area contributed by atoms with Gasteiger partial charge < -0.3 is 106 Å². The van der Waals surface area contributed by atoms with Crippen LogP contribution in [0.5, 0.6) is 46.0 Å². The van der Waals surface area contributed by atoms with Crippen molar-refractivity contribution < 1.29 is 125 Å². The van der Waals surface area contributed by atoms with Crippen molar-refractivity contribution in [2.75, 3.05) is 14.2 Å². The first-order chi connectivity index (χ1) is 72.2. The number of benzene rings is 16. The number of nitrogens with zero attached hydrogens (tertiary/aromatic N) is 12. The Morgan fingerprint density at radius 1 is 0.208 bits per heavy atom. The van der Waals surface area contributed by atoms with E-state index in [4.69, 9.17) is 73.9 Å². The molecule has 28 nitrogen and oxygen atoms in total. The Hall–Kier alpha value is -18.9. The number of para-hydroxylation sites is 26. The van der Waals surface area contributed by atoms with Crippen LogP contribution in [0.4, 0.5) is 34.1 Å². The molecule has 0 fully saturated rings. The molecular weight excluding hydrogens is 2030 g/mol. The van der Waals surface area contributed by atoms with Crippen molar-refractivity contribution in [1.82, 2.24) is 29.9 Å². The molecule has 6 aromatic heterocycles. The summed E-state index contributed by atoms with van der Waals surface area (Å²) in [6.07, 6.45) is 1.25. The molecule has 22 aromatic rings. The van der Waals surface area contributed by atoms with Gasteiger partial charge in [-0.3, -0.25) is 0 Å². The van der Waals surface area contributed by atoms with Crippen LogP contribution < -0.4 is 37.9 Å². The van der Waals surface area contributed by atoms with Crippen molar-refractivity contribution in [2.45, 2.75) is 12.8 Å². The summed E-state index contributed by atoms with van der Waals surface area (Å²) in [5, 5.41) is 27.2. The third-order valence-electron chi connectivity index (χ3n) is 22.9. The number of oxazole rings is 6. The Bertz CT molecular complexity index is 7560. The third kappa shape index (κ3) is 21.8. The molecule has 31 heteroatoms. The van der Waals surface area contributed by atoms with Gasteiger partial charge in [0.05, 0.1) is 37.8 Å². The zero-order valence-corrected chi connectivity index (χ0v) is 81.4. The molecule has 0 aliphatic carbocycles. The minimum absolute atomic E-state index is 0. The monoisotopic (exact) mass is 2100 g/mol. The zero-order valence-electron chi connectivity index (χ0n) is 78.5. The molecule has 12 heterocycles. The standard InChI is InChI=1S/2C22H15N2O2.2C21H13N2O3.2C16H11N2O3.Co.2Cu/c2*1-2-8-15(9-3-1)14-16(21-23-17-10-4-6-12-19(17)25-21)22-24-18-11-5-7-13-20(18)26-22;2*1-2-8-14(9-3-1)24-19(20-22-15-10-4-6-12-17(15)25-20)21-23-16-11-5-7-13-18(16)26-21;2*1-19-14(15-17-10-6-2-4-8-12(10)20-15)16-18-11-7-3-5-9-13(11)21-16;;;/h2*1-13H,14H2;2*1-13H;2*2-9H,1H3;;;/q6*-1;;;. The van der Waals surface area contributed by atoms with Gasteiger partial charge in [-0.1, -0.05) is 313 Å². The topological polar surface area (TPSA) is 333 Å². The van der Waals surface area contributed by atoms with Crippen molar-refractivity contribution in [3.63, 3.8) is 0 Å². The SMILES string of the molecule is COC(=C1[N-]c2ccccc2O1)c1nc2ccccc2o1.COC(=C1[N-]c2ccccc2O1)c1nc2ccccc2o1.[Co].[Cu].[Cu].c1ccc(CC(=C2[N-]c3ccccc3O2)c2nc3ccccc3o2)cc1.c1ccc(CC(=C2[N-]c3ccccc3O2)c2nc3ccccc3o2)cc1.c1ccc(OC(=C2[N-]c3ccccc3O2)c2nc3ccccc3o2)cc1.c1ccc(OC(=C2[N-]c3ccccc3O2)c2nc3ccccc3o2)cc1. The Morgan fingerprint density at radius 2 is 0.396 bits per heavy atom. The Morgan fingerprint density at radius 3 is 0.638 bits per heavy atom. The number of ether oxygens (including phenoxy) is 10. The van der Waals surface area contributed by atoms with E-state index < -0.39 is 0 Å². The van der Waals surface area contributed by atoms with Gasteiger partial charge in [0.15, 0.2) is 33.5 Å². The first-order valence-corrected chi connectivity index (χ1v) is 46.3. The number of fused-ring (bicyclic) bond motifs is 12. The molecule has 16 aromatic carbocycles. The van der Waals surface area contributed by atoms with Crippen molar-refractivity contribution in [3.8, 4) is 46.0 Å². The molecule has 3 radical (unpaired) electrons. The van der Waals surface area contributed by atoms with Crippen LogP contribution in [0, 0.1) is 0 Å². The van der Waals surface area contributed by atoms with E-state index in [9.17, 15) is 0 Å². The van der Waals surface area contributed by atoms with Crippen LogP contribution in [-0.2, 0) is 73.2 Å². The molecule has 0 amide bonds. The molecule has 743 valence electrons. The molecule has 0 bridgehead atoms. The van der Waals surface area contributed by atoms with Gasteiger partial charge in [-0.05, 0) is 145 Å². The van der Waals surface area contributed by atoms with Gasteiger partial charge in [-0.25, -0.2) is 29.9 Å². The fraction of sp³-hybridized carbons (Fsp3) is 0.0339. The zero-order chi connectivity index (χ0) is 97.9. The number of rotatable bonds is 16. The second-order valence-corrected chi connectivity index (χ2v) is 32.7. The fourth-order valence-corrected chi connectivity index (χ4v) is 15.9. The summed E-state index contributed by atoms with van der Waals surface area (Å²) in [5.74, 6) is 11.8. The Kier molecular flexibility index (Phi) is 29.4. The van der Waals surface area contributed by atoms with Crippen molar-refractivity contribution in [3.05, 3.63) is 526 Å². The predicted octanol–water partition coefficient (Wildman–Crippen LogP) is 31.3. The van der Waals surface area contributed by atoms with Crippen LogP contribution in [0.25, 0.3) is 133 Å². The first kappa shape index (κ1) is 97.6. The number of aromatic nitrogens is 6. The van der Waals surface area contributed by atoms with Crippen LogP contribution in [0.2, 0.25) is 0 Å². The van der Waals surface area contributed by atoms with Gasteiger partial charge in [0.2, 0.25) is 34.8 Å². The van der Waals surface area contributed by atoms with E-state index in [2.05, 4.69) is 86.1 Å². The van der Waals surface area contributed by atoms with Crippen molar-refractivity contribution in [2.24, 2.45) is 0 Å². The smallest absolute Gasteiger partial charge is 0.265 e. The minimum Gasteiger partial charge on any atom is -0.624 e. The number of allylic oxidation sites excluding steroid dienone is 2. The number of hydrogen-bond acceptors (Lipinski definition) is 22. The molecule has 0 saturated carbocycles. The van der Waals surface area contributed by atoms with E-state index in [-0.39, 0.29) is 50.9 Å². The average molecular weight is 2110 g/mol. The molecule has 0 saturated heterocycles. The Balaban J connectivity index is 0.000000108. The van der Waals surface area contributed by atoms with E-state index >= 15 is 0 Å². The predicted molar refractivity (Wildman–Crippen MR) is 555 cm³/mol. The van der Waals surface area contributed by atoms with Gasteiger partial charge in [0, 0.05) is 86.7 Å². The van der Waals surface area contributed by atoms with Crippen LogP contribution >= 0.6 is 0 Å². The van der Waals surface area contributed by atoms with Crippen LogP contribution in [0.3, 0.4) is 0 Å². The first-order valence-electron chi connectivity index (χ1n) is 46.3. The average Bonchev–Trinajstić information content (AvgIpc) is 1.65. The van der Waals surface area contributed by atoms with Gasteiger partial charge in [-0.2, -0.15) is 0 Å². The summed E-state index contributed by atoms with van der Waals surface area (Å²) in [4.78, 5) is 27.2. The van der Waals surface area contributed by atoms with Crippen molar-refractivity contribution >= 4 is 135 Å². The summed E-state index contributed by atoms with van der Waals surface area (Å²) in [6.45, 7) is 0. The maximum absolute atomic E-state index is 6.05. The van der Waals surface area contributed by atoms with E-state index in [1.54, 1.807) is 14.2 Å². The third-order valence-corrected chi connectivity index (χ3v) is 22.9. The normalized spacial score (nSPS) is 14.5. The Labute approximate surface area is 882 Å². The maximum atomic E-state index is 6.05. The van der Waals surface area contributed by atoms with Crippen LogP contribution in [0.15, 0.2) is 474 Å². The molecule has 28 rings (SSSR count). The van der Waals surface area contributed by atoms with Gasteiger partial charge >= 0.3 is 0 Å². The van der Waals surface area contributed by atoms with Crippen molar-refractivity contribution in [1.29, 1.82) is 0 Å². The minimum atomic E-state index is 0. The molecular formula is C118H78CoCu2N12O16-6. The largest absolute Gasteiger partial charge is 0.624 e. The molecule has 0 atom stereocenters. The van der Waals surface area contributed by atoms with E-state index in [0.29, 0.717) is 163 Å². The van der Waals surface area contributed by atoms with Gasteiger partial charge in [0.25, 0.3) is 23.6 Å². The summed E-state index contributed by atoms with van der Waals surface area (Å²) < 4.78 is 93.2. The van der Waals surface area contributed by atoms with Crippen LogP contribution in [0.1, 0.15) is 46.5 Å². The second kappa shape index (κ2) is 45.0. The van der Waals surface area contributed by atoms with E-state index in [1.807, 2.05) is 388 Å². The maximum Gasteiger partial charge on any atom is 0.265 e. The fourth-order valence-electron chi connectivity index (χ4n) is 15.9. The molecule has 0 unspecified atom stereocenters. The van der Waals surface area contributed by atoms with Crippen LogP contribution in [-0.4, -0.2) is 44.1 Å². The summed E-state index contributed by atoms with van der Waals surface area (Å²) in [7, 11) is 3.08. The van der Waals surface area contributed by atoms with E-state index in [0.717, 1.165) is 112 Å². The summed E-state index contributed by atoms with van der Waals surface area (Å²) >= 11 is 0.